The molecule has 0 aromatic heterocycles. The monoisotopic (exact) mass is 285 g/mol. The molecular weight excluding hydrogens is 270 g/mol. The van der Waals surface area contributed by atoms with Crippen LogP contribution in [0, 0.1) is 6.92 Å². The first kappa shape index (κ1) is 15.5. The van der Waals surface area contributed by atoms with Crippen molar-refractivity contribution in [2.45, 2.75) is 6.92 Å². The molecule has 0 radical (unpaired) electrons. The van der Waals surface area contributed by atoms with Crippen molar-refractivity contribution in [2.24, 2.45) is 0 Å². The van der Waals surface area contributed by atoms with Gasteiger partial charge in [0.25, 0.3) is 5.91 Å². The number of halogens is 1. The fourth-order valence-corrected chi connectivity index (χ4v) is 1.90. The third-order valence-corrected chi connectivity index (χ3v) is 2.85. The molecule has 0 aliphatic heterocycles. The standard InChI is InChI=1S/C13H16ClNO4/c1-9-3-4-10(11(14)7-9)13(18)15(5-6-19-2)8-12(16)17/h3-4,7H,5-6,8H2,1-2H3,(H,16,17). The van der Waals surface area contributed by atoms with Gasteiger partial charge in [0.15, 0.2) is 0 Å². The van der Waals surface area contributed by atoms with E-state index in [0.29, 0.717) is 10.6 Å². The zero-order valence-corrected chi connectivity index (χ0v) is 11.6. The first-order chi connectivity index (χ1) is 8.95. The highest BCUT2D eigenvalue weighted by Crippen LogP contribution is 2.19. The number of methoxy groups -OCH3 is 1. The van der Waals surface area contributed by atoms with E-state index in [1.165, 1.54) is 12.0 Å². The van der Waals surface area contributed by atoms with Gasteiger partial charge in [-0.2, -0.15) is 0 Å². The van der Waals surface area contributed by atoms with Gasteiger partial charge in [-0.3, -0.25) is 9.59 Å². The number of carbonyl (C=O) groups is 2. The number of aliphatic carboxylic acids is 1. The largest absolute Gasteiger partial charge is 0.480 e. The number of carboxylic acids is 1. The molecule has 1 aromatic rings. The van der Waals surface area contributed by atoms with Crippen LogP contribution in [0.3, 0.4) is 0 Å². The van der Waals surface area contributed by atoms with Gasteiger partial charge in [0.05, 0.1) is 17.2 Å². The summed E-state index contributed by atoms with van der Waals surface area (Å²) in [6.45, 7) is 1.95. The van der Waals surface area contributed by atoms with Crippen LogP contribution in [0.15, 0.2) is 18.2 Å². The molecule has 0 aliphatic carbocycles. The second-order valence-electron chi connectivity index (χ2n) is 4.10. The van der Waals surface area contributed by atoms with Crippen molar-refractivity contribution in [2.75, 3.05) is 26.8 Å². The number of ether oxygens (including phenoxy) is 1. The molecule has 0 aliphatic rings. The predicted octanol–water partition coefficient (Wildman–Crippen LogP) is 1.82. The minimum Gasteiger partial charge on any atom is -0.480 e. The van der Waals surface area contributed by atoms with E-state index in [-0.39, 0.29) is 19.7 Å². The van der Waals surface area contributed by atoms with Gasteiger partial charge in [-0.15, -0.1) is 0 Å². The third kappa shape index (κ3) is 4.54. The third-order valence-electron chi connectivity index (χ3n) is 2.53. The van der Waals surface area contributed by atoms with Gasteiger partial charge in [-0.1, -0.05) is 17.7 Å². The van der Waals surface area contributed by atoms with Gasteiger partial charge in [0.1, 0.15) is 6.54 Å². The van der Waals surface area contributed by atoms with Crippen molar-refractivity contribution in [3.05, 3.63) is 34.3 Å². The second kappa shape index (κ2) is 7.11. The number of nitrogens with zero attached hydrogens (tertiary/aromatic N) is 1. The van der Waals surface area contributed by atoms with Crippen LogP contribution in [0.25, 0.3) is 0 Å². The van der Waals surface area contributed by atoms with Gasteiger partial charge in [0.2, 0.25) is 0 Å². The summed E-state index contributed by atoms with van der Waals surface area (Å²) >= 11 is 6.01. The molecule has 0 saturated carbocycles. The summed E-state index contributed by atoms with van der Waals surface area (Å²) in [5.74, 6) is -1.49. The van der Waals surface area contributed by atoms with Crippen molar-refractivity contribution >= 4 is 23.5 Å². The van der Waals surface area contributed by atoms with Crippen molar-refractivity contribution in [1.29, 1.82) is 0 Å². The van der Waals surface area contributed by atoms with E-state index in [4.69, 9.17) is 21.4 Å². The van der Waals surface area contributed by atoms with Crippen LogP contribution in [0.4, 0.5) is 0 Å². The molecular formula is C13H16ClNO4. The minimum absolute atomic E-state index is 0.200. The van der Waals surface area contributed by atoms with E-state index in [2.05, 4.69) is 0 Å². The lowest BCUT2D eigenvalue weighted by Gasteiger charge is -2.21. The molecule has 0 heterocycles. The molecule has 1 aromatic carbocycles. The Balaban J connectivity index is 2.93. The van der Waals surface area contributed by atoms with Crippen LogP contribution in [-0.4, -0.2) is 48.7 Å². The first-order valence-corrected chi connectivity index (χ1v) is 6.09. The normalized spacial score (nSPS) is 10.3. The van der Waals surface area contributed by atoms with Crippen LogP contribution >= 0.6 is 11.6 Å². The summed E-state index contributed by atoms with van der Waals surface area (Å²) in [4.78, 5) is 24.2. The maximum Gasteiger partial charge on any atom is 0.323 e. The molecule has 0 bridgehead atoms. The summed E-state index contributed by atoms with van der Waals surface area (Å²) < 4.78 is 4.87. The van der Waals surface area contributed by atoms with E-state index in [1.807, 2.05) is 6.92 Å². The van der Waals surface area contributed by atoms with Crippen LogP contribution in [-0.2, 0) is 9.53 Å². The van der Waals surface area contributed by atoms with Gasteiger partial charge in [-0.25, -0.2) is 0 Å². The Morgan fingerprint density at radius 1 is 1.42 bits per heavy atom. The molecule has 0 fully saturated rings. The number of hydrogen-bond acceptors (Lipinski definition) is 3. The number of carbonyl (C=O) groups excluding carboxylic acids is 1. The first-order valence-electron chi connectivity index (χ1n) is 5.72. The number of hydrogen-bond donors (Lipinski definition) is 1. The van der Waals surface area contributed by atoms with E-state index in [9.17, 15) is 9.59 Å². The second-order valence-corrected chi connectivity index (χ2v) is 4.50. The molecule has 1 N–H and O–H groups in total. The van der Waals surface area contributed by atoms with Crippen molar-refractivity contribution in [3.8, 4) is 0 Å². The molecule has 5 nitrogen and oxygen atoms in total. The number of rotatable bonds is 6. The Morgan fingerprint density at radius 2 is 2.11 bits per heavy atom. The molecule has 6 heteroatoms. The maximum atomic E-state index is 12.2. The number of amides is 1. The summed E-state index contributed by atoms with van der Waals surface area (Å²) in [6, 6.07) is 5.03. The van der Waals surface area contributed by atoms with Crippen LogP contribution in [0.2, 0.25) is 5.02 Å². The zero-order chi connectivity index (χ0) is 14.4. The molecule has 19 heavy (non-hydrogen) atoms. The summed E-state index contributed by atoms with van der Waals surface area (Å²) in [7, 11) is 1.49. The minimum atomic E-state index is -1.08. The van der Waals surface area contributed by atoms with E-state index >= 15 is 0 Å². The van der Waals surface area contributed by atoms with Gasteiger partial charge < -0.3 is 14.7 Å². The quantitative estimate of drug-likeness (QED) is 0.866. The summed E-state index contributed by atoms with van der Waals surface area (Å²) in [6.07, 6.45) is 0. The van der Waals surface area contributed by atoms with E-state index in [1.54, 1.807) is 18.2 Å². The highest BCUT2D eigenvalue weighted by molar-refractivity contribution is 6.33. The lowest BCUT2D eigenvalue weighted by atomic mass is 10.1. The van der Waals surface area contributed by atoms with E-state index in [0.717, 1.165) is 5.56 Å². The number of benzene rings is 1. The molecule has 0 spiro atoms. The summed E-state index contributed by atoms with van der Waals surface area (Å²) in [5.41, 5.74) is 1.23. The Labute approximate surface area is 116 Å². The molecule has 0 unspecified atom stereocenters. The molecule has 0 atom stereocenters. The Kier molecular flexibility index (Phi) is 5.79. The van der Waals surface area contributed by atoms with Crippen LogP contribution < -0.4 is 0 Å². The SMILES string of the molecule is COCCN(CC(=O)O)C(=O)c1ccc(C)cc1Cl. The van der Waals surface area contributed by atoms with Gasteiger partial charge in [-0.05, 0) is 24.6 Å². The fraction of sp³-hybridized carbons (Fsp3) is 0.385. The summed E-state index contributed by atoms with van der Waals surface area (Å²) in [5, 5.41) is 9.14. The maximum absolute atomic E-state index is 12.2. The van der Waals surface area contributed by atoms with Crippen molar-refractivity contribution in [1.82, 2.24) is 4.90 Å². The van der Waals surface area contributed by atoms with Crippen molar-refractivity contribution in [3.63, 3.8) is 0 Å². The average Bonchev–Trinajstić information content (AvgIpc) is 2.33. The Bertz CT molecular complexity index is 476. The van der Waals surface area contributed by atoms with Crippen LogP contribution in [0.5, 0.6) is 0 Å². The highest BCUT2D eigenvalue weighted by Gasteiger charge is 2.20. The molecule has 104 valence electrons. The topological polar surface area (TPSA) is 66.8 Å². The average molecular weight is 286 g/mol. The highest BCUT2D eigenvalue weighted by atomic mass is 35.5. The van der Waals surface area contributed by atoms with Crippen LogP contribution in [0.1, 0.15) is 15.9 Å². The van der Waals surface area contributed by atoms with Crippen molar-refractivity contribution < 1.29 is 19.4 Å². The number of carboxylic acid groups (broad SMARTS) is 1. The van der Waals surface area contributed by atoms with Gasteiger partial charge >= 0.3 is 5.97 Å². The van der Waals surface area contributed by atoms with E-state index < -0.39 is 11.9 Å². The fourth-order valence-electron chi connectivity index (χ4n) is 1.58. The predicted molar refractivity (Wildman–Crippen MR) is 71.6 cm³/mol. The van der Waals surface area contributed by atoms with Gasteiger partial charge in [0, 0.05) is 13.7 Å². The molecule has 0 saturated heterocycles. The Morgan fingerprint density at radius 3 is 2.63 bits per heavy atom. The molecule has 1 rings (SSSR count). The lowest BCUT2D eigenvalue weighted by molar-refractivity contribution is -0.137. The smallest absolute Gasteiger partial charge is 0.323 e. The Hall–Kier alpha value is -1.59. The lowest BCUT2D eigenvalue weighted by Crippen LogP contribution is -2.38. The number of aryl methyl sites for hydroxylation is 1. The molecule has 1 amide bonds. The zero-order valence-electron chi connectivity index (χ0n) is 10.9.